The van der Waals surface area contributed by atoms with Crippen molar-refractivity contribution >= 4 is 16.7 Å². The molecule has 0 bridgehead atoms. The standard InChI is InChI=1S/C11H14S/c1-4-10-7-5-6-8-11(10)9(2)12-3/h5-8H,2,4H2,1,3H3. The van der Waals surface area contributed by atoms with Crippen molar-refractivity contribution in [3.8, 4) is 0 Å². The molecular weight excluding hydrogens is 164 g/mol. The van der Waals surface area contributed by atoms with Gasteiger partial charge in [0.2, 0.25) is 0 Å². The van der Waals surface area contributed by atoms with E-state index in [0.717, 1.165) is 11.3 Å². The van der Waals surface area contributed by atoms with Crippen LogP contribution in [-0.4, -0.2) is 6.26 Å². The first-order valence-electron chi connectivity index (χ1n) is 4.10. The quantitative estimate of drug-likeness (QED) is 0.681. The Labute approximate surface area is 78.7 Å². The third kappa shape index (κ3) is 1.92. The van der Waals surface area contributed by atoms with Crippen molar-refractivity contribution in [3.63, 3.8) is 0 Å². The van der Waals surface area contributed by atoms with Crippen LogP contribution in [0.4, 0.5) is 0 Å². The fourth-order valence-corrected chi connectivity index (χ4v) is 1.63. The molecule has 0 amide bonds. The lowest BCUT2D eigenvalue weighted by Crippen LogP contribution is -1.87. The Hall–Kier alpha value is -0.690. The molecule has 0 saturated heterocycles. The van der Waals surface area contributed by atoms with Crippen molar-refractivity contribution in [1.29, 1.82) is 0 Å². The molecule has 1 aromatic rings. The molecule has 1 heteroatoms. The van der Waals surface area contributed by atoms with Crippen LogP contribution in [0.25, 0.3) is 4.91 Å². The third-order valence-electron chi connectivity index (χ3n) is 1.95. The number of rotatable bonds is 3. The monoisotopic (exact) mass is 178 g/mol. The van der Waals surface area contributed by atoms with Crippen LogP contribution in [0.2, 0.25) is 0 Å². The Morgan fingerprint density at radius 2 is 2.08 bits per heavy atom. The summed E-state index contributed by atoms with van der Waals surface area (Å²) in [7, 11) is 0. The Morgan fingerprint density at radius 3 is 2.67 bits per heavy atom. The van der Waals surface area contributed by atoms with Crippen molar-refractivity contribution in [3.05, 3.63) is 42.0 Å². The fraction of sp³-hybridized carbons (Fsp3) is 0.273. The van der Waals surface area contributed by atoms with E-state index in [4.69, 9.17) is 0 Å². The summed E-state index contributed by atoms with van der Waals surface area (Å²) in [5, 5.41) is 0. The average Bonchev–Trinajstić information content (AvgIpc) is 2.16. The first-order chi connectivity index (χ1) is 5.79. The molecule has 0 aromatic heterocycles. The van der Waals surface area contributed by atoms with E-state index in [0.29, 0.717) is 0 Å². The Bertz CT molecular complexity index is 276. The van der Waals surface area contributed by atoms with E-state index in [1.807, 2.05) is 0 Å². The molecule has 0 spiro atoms. The van der Waals surface area contributed by atoms with Gasteiger partial charge < -0.3 is 0 Å². The highest BCUT2D eigenvalue weighted by atomic mass is 32.2. The molecule has 1 rings (SSSR count). The largest absolute Gasteiger partial charge is 0.130 e. The van der Waals surface area contributed by atoms with Crippen LogP contribution in [0.5, 0.6) is 0 Å². The minimum absolute atomic E-state index is 1.08. The smallest absolute Gasteiger partial charge is 0.00724 e. The highest BCUT2D eigenvalue weighted by Gasteiger charge is 2.01. The van der Waals surface area contributed by atoms with E-state index >= 15 is 0 Å². The van der Waals surface area contributed by atoms with E-state index in [1.54, 1.807) is 11.8 Å². The van der Waals surface area contributed by atoms with Crippen LogP contribution in [0.1, 0.15) is 18.1 Å². The van der Waals surface area contributed by atoms with Crippen molar-refractivity contribution in [1.82, 2.24) is 0 Å². The predicted octanol–water partition coefficient (Wildman–Crippen LogP) is 3.58. The minimum atomic E-state index is 1.08. The lowest BCUT2D eigenvalue weighted by atomic mass is 10.1. The van der Waals surface area contributed by atoms with Gasteiger partial charge in [0.15, 0.2) is 0 Å². The lowest BCUT2D eigenvalue weighted by molar-refractivity contribution is 1.13. The second-order valence-corrected chi connectivity index (χ2v) is 3.54. The van der Waals surface area contributed by atoms with Crippen molar-refractivity contribution in [2.45, 2.75) is 13.3 Å². The lowest BCUT2D eigenvalue weighted by Gasteiger charge is -2.07. The number of hydrogen-bond donors (Lipinski definition) is 0. The van der Waals surface area contributed by atoms with Gasteiger partial charge >= 0.3 is 0 Å². The van der Waals surface area contributed by atoms with E-state index in [9.17, 15) is 0 Å². The number of thioether (sulfide) groups is 1. The molecule has 0 radical (unpaired) electrons. The first-order valence-corrected chi connectivity index (χ1v) is 5.33. The van der Waals surface area contributed by atoms with Crippen LogP contribution in [0, 0.1) is 0 Å². The van der Waals surface area contributed by atoms with Crippen LogP contribution in [0.15, 0.2) is 30.8 Å². The molecule has 0 fully saturated rings. The fourth-order valence-electron chi connectivity index (χ4n) is 1.21. The Balaban J connectivity index is 3.04. The molecule has 0 N–H and O–H groups in total. The van der Waals surface area contributed by atoms with Crippen LogP contribution < -0.4 is 0 Å². The van der Waals surface area contributed by atoms with E-state index < -0.39 is 0 Å². The molecular formula is C11H14S. The van der Waals surface area contributed by atoms with Gasteiger partial charge in [-0.15, -0.1) is 11.8 Å². The van der Waals surface area contributed by atoms with Crippen LogP contribution >= 0.6 is 11.8 Å². The average molecular weight is 178 g/mol. The molecule has 0 unspecified atom stereocenters. The van der Waals surface area contributed by atoms with E-state index in [2.05, 4.69) is 44.0 Å². The maximum atomic E-state index is 4.02. The summed E-state index contributed by atoms with van der Waals surface area (Å²) < 4.78 is 0. The van der Waals surface area contributed by atoms with Gasteiger partial charge in [-0.1, -0.05) is 37.8 Å². The van der Waals surface area contributed by atoms with Crippen LogP contribution in [0.3, 0.4) is 0 Å². The molecule has 0 aliphatic heterocycles. The van der Waals surface area contributed by atoms with Crippen molar-refractivity contribution < 1.29 is 0 Å². The van der Waals surface area contributed by atoms with Crippen LogP contribution in [-0.2, 0) is 6.42 Å². The third-order valence-corrected chi connectivity index (χ3v) is 2.66. The van der Waals surface area contributed by atoms with E-state index in [-0.39, 0.29) is 0 Å². The summed E-state index contributed by atoms with van der Waals surface area (Å²) in [4.78, 5) is 1.16. The SMILES string of the molecule is C=C(SC)c1ccccc1CC. The predicted molar refractivity (Wildman–Crippen MR) is 58.4 cm³/mol. The highest BCUT2D eigenvalue weighted by molar-refractivity contribution is 8.07. The van der Waals surface area contributed by atoms with Gasteiger partial charge in [0.1, 0.15) is 0 Å². The summed E-state index contributed by atoms with van der Waals surface area (Å²) in [6.45, 7) is 6.19. The molecule has 0 atom stereocenters. The van der Waals surface area contributed by atoms with Gasteiger partial charge in [-0.2, -0.15) is 0 Å². The zero-order valence-electron chi connectivity index (χ0n) is 7.63. The molecule has 0 nitrogen and oxygen atoms in total. The van der Waals surface area contributed by atoms with Gasteiger partial charge in [-0.05, 0) is 23.8 Å². The first kappa shape index (κ1) is 9.40. The van der Waals surface area contributed by atoms with Crippen molar-refractivity contribution in [2.24, 2.45) is 0 Å². The molecule has 12 heavy (non-hydrogen) atoms. The Kier molecular flexibility index (Phi) is 3.42. The summed E-state index contributed by atoms with van der Waals surface area (Å²) in [6.07, 6.45) is 3.14. The molecule has 0 saturated carbocycles. The Morgan fingerprint density at radius 1 is 1.42 bits per heavy atom. The number of benzene rings is 1. The minimum Gasteiger partial charge on any atom is -0.130 e. The zero-order valence-corrected chi connectivity index (χ0v) is 8.45. The zero-order chi connectivity index (χ0) is 8.97. The molecule has 0 heterocycles. The molecule has 1 aromatic carbocycles. The van der Waals surface area contributed by atoms with Gasteiger partial charge in [-0.25, -0.2) is 0 Å². The molecule has 0 aliphatic rings. The van der Waals surface area contributed by atoms with Gasteiger partial charge in [0.25, 0.3) is 0 Å². The second-order valence-electron chi connectivity index (χ2n) is 2.64. The molecule has 64 valence electrons. The summed E-state index contributed by atoms with van der Waals surface area (Å²) in [5.41, 5.74) is 2.68. The topological polar surface area (TPSA) is 0 Å². The second kappa shape index (κ2) is 4.36. The molecule has 0 aliphatic carbocycles. The van der Waals surface area contributed by atoms with Gasteiger partial charge in [0, 0.05) is 4.91 Å². The number of aryl methyl sites for hydroxylation is 1. The highest BCUT2D eigenvalue weighted by Crippen LogP contribution is 2.25. The van der Waals surface area contributed by atoms with E-state index in [1.165, 1.54) is 11.1 Å². The summed E-state index contributed by atoms with van der Waals surface area (Å²) in [6, 6.07) is 8.44. The van der Waals surface area contributed by atoms with Gasteiger partial charge in [-0.3, -0.25) is 0 Å². The van der Waals surface area contributed by atoms with Gasteiger partial charge in [0.05, 0.1) is 0 Å². The summed E-state index contributed by atoms with van der Waals surface area (Å²) in [5.74, 6) is 0. The maximum absolute atomic E-state index is 4.02. The summed E-state index contributed by atoms with van der Waals surface area (Å²) >= 11 is 1.71. The van der Waals surface area contributed by atoms with Crippen molar-refractivity contribution in [2.75, 3.05) is 6.26 Å². The number of hydrogen-bond acceptors (Lipinski definition) is 1. The maximum Gasteiger partial charge on any atom is 0.00724 e. The normalized spacial score (nSPS) is 9.83.